The van der Waals surface area contributed by atoms with Gasteiger partial charge in [0, 0.05) is 28.8 Å². The van der Waals surface area contributed by atoms with Crippen molar-refractivity contribution in [2.75, 3.05) is 6.54 Å². The summed E-state index contributed by atoms with van der Waals surface area (Å²) in [6.45, 7) is 10.5. The maximum absolute atomic E-state index is 10.8. The van der Waals surface area contributed by atoms with Gasteiger partial charge in [-0.2, -0.15) is 5.10 Å². The van der Waals surface area contributed by atoms with Crippen LogP contribution in [-0.4, -0.2) is 21.9 Å². The number of rotatable bonds is 7. The van der Waals surface area contributed by atoms with Crippen molar-refractivity contribution in [1.82, 2.24) is 4.68 Å². The third-order valence-corrected chi connectivity index (χ3v) is 4.24. The van der Waals surface area contributed by atoms with Crippen molar-refractivity contribution in [1.29, 1.82) is 0 Å². The lowest BCUT2D eigenvalue weighted by Gasteiger charge is -2.07. The molecule has 6 nitrogen and oxygen atoms in total. The summed E-state index contributed by atoms with van der Waals surface area (Å²) in [5.74, 6) is 0.513. The van der Waals surface area contributed by atoms with Gasteiger partial charge in [0.25, 0.3) is 5.69 Å². The van der Waals surface area contributed by atoms with E-state index in [1.165, 1.54) is 23.5 Å². The number of hydrogen-bond donors (Lipinski definition) is 0. The van der Waals surface area contributed by atoms with E-state index < -0.39 is 4.92 Å². The summed E-state index contributed by atoms with van der Waals surface area (Å²) in [6, 6.07) is 6.48. The predicted molar refractivity (Wildman–Crippen MR) is 103 cm³/mol. The first-order chi connectivity index (χ1) is 11.9. The maximum atomic E-state index is 10.8. The summed E-state index contributed by atoms with van der Waals surface area (Å²) in [5.41, 5.74) is 2.81. The number of nitrogens with zero attached hydrogens (tertiary/aromatic N) is 4. The van der Waals surface area contributed by atoms with Gasteiger partial charge in [-0.25, -0.2) is 4.68 Å². The molecule has 0 saturated carbocycles. The molecule has 1 heterocycles. The third-order valence-electron chi connectivity index (χ3n) is 3.39. The molecular weight excluding hydrogens is 336 g/mol. The predicted octanol–water partition coefficient (Wildman–Crippen LogP) is 4.48. The van der Waals surface area contributed by atoms with Gasteiger partial charge in [-0.1, -0.05) is 19.9 Å². The Hall–Kier alpha value is -2.54. The molecule has 0 amide bonds. The summed E-state index contributed by atoms with van der Waals surface area (Å²) >= 11 is 1.49. The van der Waals surface area contributed by atoms with Gasteiger partial charge < -0.3 is 0 Å². The summed E-state index contributed by atoms with van der Waals surface area (Å²) in [5, 5.41) is 17.5. The first-order valence-corrected chi connectivity index (χ1v) is 8.91. The molecule has 2 rings (SSSR count). The molecule has 2 aromatic rings. The average Bonchev–Trinajstić information content (AvgIpc) is 2.94. The summed E-state index contributed by atoms with van der Waals surface area (Å²) in [7, 11) is 0. The van der Waals surface area contributed by atoms with Crippen molar-refractivity contribution >= 4 is 22.7 Å². The highest BCUT2D eigenvalue weighted by Crippen LogP contribution is 2.23. The molecule has 0 saturated heterocycles. The van der Waals surface area contributed by atoms with Crippen LogP contribution in [-0.2, 0) is 0 Å². The lowest BCUT2D eigenvalue weighted by molar-refractivity contribution is -0.384. The molecule has 1 aromatic heterocycles. The quantitative estimate of drug-likeness (QED) is 0.317. The first kappa shape index (κ1) is 18.8. The minimum atomic E-state index is -0.402. The Morgan fingerprint density at radius 2 is 2.08 bits per heavy atom. The summed E-state index contributed by atoms with van der Waals surface area (Å²) < 4.78 is 1.81. The zero-order valence-electron chi connectivity index (χ0n) is 14.7. The Bertz CT molecular complexity index is 845. The van der Waals surface area contributed by atoms with Crippen molar-refractivity contribution in [3.8, 4) is 11.3 Å². The van der Waals surface area contributed by atoms with Crippen LogP contribution in [0.4, 0.5) is 5.69 Å². The average molecular weight is 358 g/mol. The van der Waals surface area contributed by atoms with Crippen LogP contribution in [0.2, 0.25) is 0 Å². The van der Waals surface area contributed by atoms with Gasteiger partial charge >= 0.3 is 0 Å². The second-order valence-corrected chi connectivity index (χ2v) is 6.92. The minimum absolute atomic E-state index is 0.0709. The van der Waals surface area contributed by atoms with E-state index in [9.17, 15) is 10.1 Å². The van der Waals surface area contributed by atoms with Gasteiger partial charge in [0.15, 0.2) is 0 Å². The topological polar surface area (TPSA) is 72.8 Å². The highest BCUT2D eigenvalue weighted by Gasteiger charge is 2.11. The molecule has 0 spiro atoms. The Balaban J connectivity index is 2.52. The fourth-order valence-corrected chi connectivity index (χ4v) is 3.24. The van der Waals surface area contributed by atoms with Crippen molar-refractivity contribution in [3.05, 3.63) is 57.2 Å². The molecule has 0 aliphatic rings. The van der Waals surface area contributed by atoms with E-state index in [1.807, 2.05) is 17.0 Å². The molecule has 0 unspecified atom stereocenters. The number of non-ortho nitro benzene ring substituents is 1. The van der Waals surface area contributed by atoms with Gasteiger partial charge in [0.05, 0.1) is 17.2 Å². The van der Waals surface area contributed by atoms with Crippen LogP contribution in [0.1, 0.15) is 27.2 Å². The molecule has 0 fully saturated rings. The number of thiazole rings is 1. The van der Waals surface area contributed by atoms with Crippen molar-refractivity contribution in [3.63, 3.8) is 0 Å². The lowest BCUT2D eigenvalue weighted by Crippen LogP contribution is -2.14. The molecule has 0 N–H and O–H groups in total. The zero-order chi connectivity index (χ0) is 18.4. The van der Waals surface area contributed by atoms with Crippen molar-refractivity contribution in [2.24, 2.45) is 16.0 Å². The van der Waals surface area contributed by atoms with Gasteiger partial charge in [0.1, 0.15) is 0 Å². The van der Waals surface area contributed by atoms with Crippen molar-refractivity contribution in [2.45, 2.75) is 27.2 Å². The van der Waals surface area contributed by atoms with E-state index >= 15 is 0 Å². The first-order valence-electron chi connectivity index (χ1n) is 8.03. The molecule has 7 heteroatoms. The summed E-state index contributed by atoms with van der Waals surface area (Å²) in [4.78, 5) is 15.7. The Morgan fingerprint density at radius 1 is 1.40 bits per heavy atom. The maximum Gasteiger partial charge on any atom is 0.269 e. The van der Waals surface area contributed by atoms with Gasteiger partial charge in [-0.05, 0) is 31.4 Å². The van der Waals surface area contributed by atoms with Crippen LogP contribution in [0, 0.1) is 16.0 Å². The molecule has 132 valence electrons. The van der Waals surface area contributed by atoms with Crippen LogP contribution in [0.25, 0.3) is 11.3 Å². The van der Waals surface area contributed by atoms with Gasteiger partial charge in [-0.3, -0.25) is 15.1 Å². The van der Waals surface area contributed by atoms with E-state index in [4.69, 9.17) is 5.10 Å². The molecule has 25 heavy (non-hydrogen) atoms. The van der Waals surface area contributed by atoms with E-state index in [-0.39, 0.29) is 5.69 Å². The largest absolute Gasteiger partial charge is 0.269 e. The van der Waals surface area contributed by atoms with Crippen molar-refractivity contribution < 1.29 is 4.92 Å². The normalized spacial score (nSPS) is 12.6. The molecule has 0 bridgehead atoms. The van der Waals surface area contributed by atoms with E-state index in [0.29, 0.717) is 12.5 Å². The molecule has 0 radical (unpaired) electrons. The molecule has 1 aromatic carbocycles. The fourth-order valence-electron chi connectivity index (χ4n) is 2.40. The second-order valence-electron chi connectivity index (χ2n) is 6.08. The highest BCUT2D eigenvalue weighted by molar-refractivity contribution is 7.07. The van der Waals surface area contributed by atoms with Gasteiger partial charge in [0.2, 0.25) is 4.80 Å². The Labute approximate surface area is 151 Å². The second kappa shape index (κ2) is 8.53. The number of hydrogen-bond acceptors (Lipinski definition) is 5. The van der Waals surface area contributed by atoms with Crippen LogP contribution >= 0.6 is 11.3 Å². The number of aromatic nitrogens is 1. The van der Waals surface area contributed by atoms with Crippen LogP contribution in [0.5, 0.6) is 0 Å². The summed E-state index contributed by atoms with van der Waals surface area (Å²) in [6.07, 6.45) is 2.63. The van der Waals surface area contributed by atoms with Crippen LogP contribution in [0.3, 0.4) is 0 Å². The van der Waals surface area contributed by atoms with Crippen LogP contribution < -0.4 is 4.80 Å². The molecule has 0 aliphatic carbocycles. The minimum Gasteiger partial charge on any atom is -0.258 e. The number of benzene rings is 1. The monoisotopic (exact) mass is 358 g/mol. The molecule has 0 aliphatic heterocycles. The van der Waals surface area contributed by atoms with Crippen LogP contribution in [0.15, 0.2) is 52.4 Å². The SMILES string of the molecule is C=CCN=c1scc(-c2ccc([N+](=O)[O-])cc2)n1N=C(C)CC(C)C. The fraction of sp³-hybridized carbons (Fsp3) is 0.333. The highest BCUT2D eigenvalue weighted by atomic mass is 32.1. The standard InChI is InChI=1S/C18H22N4O2S/c1-5-10-19-18-21(20-14(4)11-13(2)3)17(12-25-18)15-6-8-16(9-7-15)22(23)24/h5-9,12-13H,1,10-11H2,2-4H3. The van der Waals surface area contributed by atoms with Gasteiger partial charge in [-0.15, -0.1) is 17.9 Å². The zero-order valence-corrected chi connectivity index (χ0v) is 15.5. The van der Waals surface area contributed by atoms with E-state index in [2.05, 4.69) is 25.4 Å². The molecular formula is C18H22N4O2S. The number of nitro groups is 1. The smallest absolute Gasteiger partial charge is 0.258 e. The van der Waals surface area contributed by atoms with E-state index in [1.54, 1.807) is 18.2 Å². The van der Waals surface area contributed by atoms with E-state index in [0.717, 1.165) is 28.2 Å². The third kappa shape index (κ3) is 4.96. The lowest BCUT2D eigenvalue weighted by atomic mass is 10.1. The molecule has 0 atom stereocenters. The number of nitro benzene ring substituents is 1. The Kier molecular flexibility index (Phi) is 6.41. The Morgan fingerprint density at radius 3 is 2.64 bits per heavy atom.